The van der Waals surface area contributed by atoms with E-state index in [1.165, 1.54) is 0 Å². The smallest absolute Gasteiger partial charge is 0.240 e. The van der Waals surface area contributed by atoms with Crippen molar-refractivity contribution in [3.8, 4) is 0 Å². The molecule has 1 aliphatic rings. The van der Waals surface area contributed by atoms with Gasteiger partial charge in [-0.2, -0.15) is 5.10 Å². The third-order valence-corrected chi connectivity index (χ3v) is 5.96. The normalized spacial score (nSPS) is 17.2. The molecular weight excluding hydrogens is 462 g/mol. The van der Waals surface area contributed by atoms with E-state index in [1.807, 2.05) is 32.0 Å². The summed E-state index contributed by atoms with van der Waals surface area (Å²) in [7, 11) is 0. The summed E-state index contributed by atoms with van der Waals surface area (Å²) in [6.07, 6.45) is -0.00155. The Labute approximate surface area is 201 Å². The van der Waals surface area contributed by atoms with Gasteiger partial charge in [-0.05, 0) is 48.9 Å². The van der Waals surface area contributed by atoms with Crippen LogP contribution in [-0.2, 0) is 14.4 Å². The monoisotopic (exact) mass is 485 g/mol. The molecule has 0 radical (unpaired) electrons. The zero-order chi connectivity index (χ0) is 24.0. The number of amides is 3. The van der Waals surface area contributed by atoms with E-state index in [4.69, 9.17) is 11.6 Å². The maximum absolute atomic E-state index is 12.3. The Morgan fingerprint density at radius 1 is 1.12 bits per heavy atom. The van der Waals surface area contributed by atoms with Crippen molar-refractivity contribution in [3.05, 3.63) is 59.1 Å². The third-order valence-electron chi connectivity index (χ3n) is 4.64. The van der Waals surface area contributed by atoms with Crippen LogP contribution in [0.15, 0.2) is 58.7 Å². The summed E-state index contributed by atoms with van der Waals surface area (Å²) in [6, 6.07) is 14.0. The molecule has 2 aromatic rings. The van der Waals surface area contributed by atoms with Crippen LogP contribution in [0.3, 0.4) is 0 Å². The van der Waals surface area contributed by atoms with Crippen LogP contribution in [0, 0.1) is 5.92 Å². The standard InChI is InChI=1S/C23H24ClN5O3S/c1-13(2)21(31)26-18-6-4-5-15(11-18)14(3)28-29-23-27-22(32)19(33-23)12-20(30)25-17-9-7-16(24)8-10-17/h4-11,13,19H,12H2,1-3H3,(H,25,30)(H,26,31)(H,27,29,32)/b28-14-/t19-/m1/s1. The van der Waals surface area contributed by atoms with Crippen LogP contribution < -0.4 is 16.0 Å². The van der Waals surface area contributed by atoms with Gasteiger partial charge < -0.3 is 16.0 Å². The number of nitrogens with one attached hydrogen (secondary N) is 3. The Morgan fingerprint density at radius 2 is 1.85 bits per heavy atom. The van der Waals surface area contributed by atoms with Gasteiger partial charge in [0.25, 0.3) is 0 Å². The highest BCUT2D eigenvalue weighted by Crippen LogP contribution is 2.23. The fourth-order valence-corrected chi connectivity index (χ4v) is 3.83. The maximum Gasteiger partial charge on any atom is 0.240 e. The summed E-state index contributed by atoms with van der Waals surface area (Å²) >= 11 is 7.00. The highest BCUT2D eigenvalue weighted by atomic mass is 35.5. The first kappa shape index (κ1) is 24.5. The first-order chi connectivity index (χ1) is 15.7. The number of nitrogens with zero attached hydrogens (tertiary/aromatic N) is 2. The van der Waals surface area contributed by atoms with Gasteiger partial charge in [0.2, 0.25) is 17.7 Å². The van der Waals surface area contributed by atoms with Gasteiger partial charge in [-0.3, -0.25) is 14.4 Å². The summed E-state index contributed by atoms with van der Waals surface area (Å²) in [5.74, 6) is -0.778. The Kier molecular flexibility index (Phi) is 8.24. The van der Waals surface area contributed by atoms with Crippen molar-refractivity contribution in [3.63, 3.8) is 0 Å². The third kappa shape index (κ3) is 7.16. The molecule has 1 fully saturated rings. The molecule has 0 spiro atoms. The summed E-state index contributed by atoms with van der Waals surface area (Å²) in [4.78, 5) is 36.4. The van der Waals surface area contributed by atoms with E-state index >= 15 is 0 Å². The quantitative estimate of drug-likeness (QED) is 0.401. The van der Waals surface area contributed by atoms with E-state index in [0.29, 0.717) is 27.3 Å². The summed E-state index contributed by atoms with van der Waals surface area (Å²) < 4.78 is 0. The number of anilines is 2. The topological polar surface area (TPSA) is 112 Å². The highest BCUT2D eigenvalue weighted by Gasteiger charge is 2.32. The summed E-state index contributed by atoms with van der Waals surface area (Å²) in [5, 5.41) is 16.9. The van der Waals surface area contributed by atoms with Gasteiger partial charge in [-0.1, -0.05) is 49.3 Å². The Bertz CT molecular complexity index is 1120. The van der Waals surface area contributed by atoms with Crippen molar-refractivity contribution >= 4 is 63.3 Å². The molecule has 0 unspecified atom stereocenters. The average molecular weight is 486 g/mol. The van der Waals surface area contributed by atoms with Crippen LogP contribution in [0.4, 0.5) is 11.4 Å². The predicted molar refractivity (Wildman–Crippen MR) is 134 cm³/mol. The lowest BCUT2D eigenvalue weighted by molar-refractivity contribution is -0.122. The second-order valence-electron chi connectivity index (χ2n) is 7.67. The Balaban J connectivity index is 1.60. The molecule has 1 aliphatic heterocycles. The lowest BCUT2D eigenvalue weighted by Gasteiger charge is -2.09. The van der Waals surface area contributed by atoms with Crippen molar-refractivity contribution in [2.75, 3.05) is 10.6 Å². The zero-order valence-corrected chi connectivity index (χ0v) is 20.0. The second kappa shape index (κ2) is 11.1. The van der Waals surface area contributed by atoms with Crippen LogP contribution in [-0.4, -0.2) is 33.9 Å². The Hall–Kier alpha value is -3.17. The van der Waals surface area contributed by atoms with Crippen molar-refractivity contribution < 1.29 is 14.4 Å². The largest absolute Gasteiger partial charge is 0.326 e. The van der Waals surface area contributed by atoms with Crippen LogP contribution in [0.5, 0.6) is 0 Å². The minimum absolute atomic E-state index is 0.00155. The molecule has 0 aliphatic carbocycles. The minimum Gasteiger partial charge on any atom is -0.326 e. The first-order valence-electron chi connectivity index (χ1n) is 10.3. The van der Waals surface area contributed by atoms with Gasteiger partial charge >= 0.3 is 0 Å². The first-order valence-corrected chi connectivity index (χ1v) is 11.5. The molecule has 0 bridgehead atoms. The predicted octanol–water partition coefficient (Wildman–Crippen LogP) is 4.27. The molecule has 0 aromatic heterocycles. The molecule has 3 amide bonds. The lowest BCUT2D eigenvalue weighted by atomic mass is 10.1. The van der Waals surface area contributed by atoms with Crippen molar-refractivity contribution in [1.82, 2.24) is 5.32 Å². The van der Waals surface area contributed by atoms with Crippen molar-refractivity contribution in [1.29, 1.82) is 0 Å². The van der Waals surface area contributed by atoms with Crippen LogP contribution in [0.2, 0.25) is 5.02 Å². The number of rotatable bonds is 7. The van der Waals surface area contributed by atoms with Gasteiger partial charge in [0.15, 0.2) is 5.17 Å². The minimum atomic E-state index is -0.596. The molecule has 10 heteroatoms. The van der Waals surface area contributed by atoms with E-state index in [-0.39, 0.29) is 30.1 Å². The van der Waals surface area contributed by atoms with Gasteiger partial charge in [0.05, 0.1) is 5.71 Å². The van der Waals surface area contributed by atoms with Crippen LogP contribution in [0.25, 0.3) is 0 Å². The molecule has 3 N–H and O–H groups in total. The number of halogens is 1. The molecule has 8 nitrogen and oxygen atoms in total. The van der Waals surface area contributed by atoms with Crippen LogP contribution >= 0.6 is 23.4 Å². The number of amidine groups is 1. The second-order valence-corrected chi connectivity index (χ2v) is 9.30. The number of thioether (sulfide) groups is 1. The molecule has 3 rings (SSSR count). The molecule has 33 heavy (non-hydrogen) atoms. The molecule has 172 valence electrons. The lowest BCUT2D eigenvalue weighted by Crippen LogP contribution is -2.28. The molecule has 0 saturated carbocycles. The van der Waals surface area contributed by atoms with Gasteiger partial charge in [-0.15, -0.1) is 5.10 Å². The molecule has 1 heterocycles. The fourth-order valence-electron chi connectivity index (χ4n) is 2.79. The number of carbonyl (C=O) groups excluding carboxylic acids is 3. The number of benzene rings is 2. The Morgan fingerprint density at radius 3 is 2.55 bits per heavy atom. The zero-order valence-electron chi connectivity index (χ0n) is 18.4. The van der Waals surface area contributed by atoms with E-state index in [1.54, 1.807) is 37.3 Å². The average Bonchev–Trinajstić information content (AvgIpc) is 3.12. The number of hydrogen-bond acceptors (Lipinski definition) is 6. The van der Waals surface area contributed by atoms with Crippen LogP contribution in [0.1, 0.15) is 32.8 Å². The van der Waals surface area contributed by atoms with E-state index in [0.717, 1.165) is 17.3 Å². The summed E-state index contributed by atoms with van der Waals surface area (Å²) in [5.41, 5.74) is 2.67. The number of carbonyl (C=O) groups is 3. The van der Waals surface area contributed by atoms with Gasteiger partial charge in [0, 0.05) is 28.7 Å². The van der Waals surface area contributed by atoms with E-state index < -0.39 is 5.25 Å². The number of hydrogen-bond donors (Lipinski definition) is 3. The van der Waals surface area contributed by atoms with E-state index in [9.17, 15) is 14.4 Å². The molecule has 1 atom stereocenters. The maximum atomic E-state index is 12.3. The molecular formula is C23H24ClN5O3S. The van der Waals surface area contributed by atoms with E-state index in [2.05, 4.69) is 26.2 Å². The SMILES string of the molecule is C/C(=N/N=C1\NC(=O)[C@@H](CC(=O)Nc2ccc(Cl)cc2)S1)c1cccc(NC(=O)C(C)C)c1. The molecule has 1 saturated heterocycles. The molecule has 2 aromatic carbocycles. The van der Waals surface area contributed by atoms with Gasteiger partial charge in [-0.25, -0.2) is 0 Å². The summed E-state index contributed by atoms with van der Waals surface area (Å²) in [6.45, 7) is 5.43. The van der Waals surface area contributed by atoms with Gasteiger partial charge in [0.1, 0.15) is 5.25 Å². The van der Waals surface area contributed by atoms with Crippen molar-refractivity contribution in [2.45, 2.75) is 32.4 Å². The fraction of sp³-hybridized carbons (Fsp3) is 0.261. The van der Waals surface area contributed by atoms with Crippen molar-refractivity contribution in [2.24, 2.45) is 16.1 Å². The highest BCUT2D eigenvalue weighted by molar-refractivity contribution is 8.15.